The minimum atomic E-state index is -0.220. The van der Waals surface area contributed by atoms with E-state index in [1.54, 1.807) is 25.4 Å². The molecule has 4 rings (SSSR count). The fourth-order valence-electron chi connectivity index (χ4n) is 2.91. The van der Waals surface area contributed by atoms with Gasteiger partial charge in [0.1, 0.15) is 29.5 Å². The minimum absolute atomic E-state index is 0.0419. The molecule has 0 bridgehead atoms. The molecule has 1 heterocycles. The lowest BCUT2D eigenvalue weighted by atomic mass is 10.1. The number of carbonyl (C=O) groups excluding carboxylic acids is 1. The van der Waals surface area contributed by atoms with Crippen LogP contribution in [0.25, 0.3) is 11.3 Å². The molecule has 0 fully saturated rings. The number of nitrogens with one attached hydrogen (secondary N) is 1. The molecule has 1 amide bonds. The summed E-state index contributed by atoms with van der Waals surface area (Å²) in [6, 6.07) is 24.4. The minimum Gasteiger partial charge on any atom is -0.495 e. The first-order valence-electron chi connectivity index (χ1n) is 9.37. The smallest absolute Gasteiger partial charge is 0.246 e. The molecule has 0 saturated carbocycles. The Labute approximate surface area is 173 Å². The van der Waals surface area contributed by atoms with Gasteiger partial charge < -0.3 is 14.8 Å². The average Bonchev–Trinajstić information content (AvgIpc) is 3.23. The Morgan fingerprint density at radius 2 is 1.63 bits per heavy atom. The molecule has 1 N–H and O–H groups in total. The fraction of sp³-hybridized carbons (Fsp3) is 0.0870. The summed E-state index contributed by atoms with van der Waals surface area (Å²) in [6.45, 7) is 0.0419. The van der Waals surface area contributed by atoms with Gasteiger partial charge in [-0.25, -0.2) is 4.68 Å². The van der Waals surface area contributed by atoms with Crippen LogP contribution >= 0.6 is 0 Å². The van der Waals surface area contributed by atoms with Gasteiger partial charge in [0.05, 0.1) is 19.0 Å². The second-order valence-electron chi connectivity index (χ2n) is 6.49. The Morgan fingerprint density at radius 3 is 2.40 bits per heavy atom. The molecule has 0 unspecified atom stereocenters. The molecule has 4 aromatic rings. The molecule has 1 aromatic heterocycles. The molecule has 0 saturated heterocycles. The number of amides is 1. The normalized spacial score (nSPS) is 10.4. The van der Waals surface area contributed by atoms with E-state index in [4.69, 9.17) is 9.47 Å². The Morgan fingerprint density at radius 1 is 0.933 bits per heavy atom. The summed E-state index contributed by atoms with van der Waals surface area (Å²) in [6.07, 6.45) is 1.73. The van der Waals surface area contributed by atoms with Gasteiger partial charge in [-0.15, -0.1) is 5.10 Å². The highest BCUT2D eigenvalue weighted by Gasteiger charge is 2.10. The summed E-state index contributed by atoms with van der Waals surface area (Å²) in [5, 5.41) is 11.0. The first kappa shape index (κ1) is 19.2. The van der Waals surface area contributed by atoms with E-state index in [0.29, 0.717) is 17.1 Å². The second kappa shape index (κ2) is 8.91. The van der Waals surface area contributed by atoms with E-state index in [-0.39, 0.29) is 12.5 Å². The van der Waals surface area contributed by atoms with Gasteiger partial charge >= 0.3 is 0 Å². The van der Waals surface area contributed by atoms with Gasteiger partial charge in [0.2, 0.25) is 5.91 Å². The number of carbonyl (C=O) groups is 1. The molecule has 7 nitrogen and oxygen atoms in total. The van der Waals surface area contributed by atoms with Crippen molar-refractivity contribution in [1.82, 2.24) is 15.0 Å². The Hall–Kier alpha value is -4.13. The van der Waals surface area contributed by atoms with Crippen molar-refractivity contribution in [2.75, 3.05) is 12.4 Å². The van der Waals surface area contributed by atoms with Gasteiger partial charge in [0, 0.05) is 5.56 Å². The number of methoxy groups -OCH3 is 1. The zero-order chi connectivity index (χ0) is 20.8. The van der Waals surface area contributed by atoms with E-state index in [0.717, 1.165) is 17.1 Å². The SMILES string of the molecule is COc1ccccc1NC(=O)Cn1cc(-c2ccc(Oc3ccccc3)cc2)nn1. The largest absolute Gasteiger partial charge is 0.495 e. The van der Waals surface area contributed by atoms with E-state index >= 15 is 0 Å². The lowest BCUT2D eigenvalue weighted by molar-refractivity contribution is -0.116. The van der Waals surface area contributed by atoms with Crippen molar-refractivity contribution >= 4 is 11.6 Å². The van der Waals surface area contributed by atoms with Crippen LogP contribution in [0, 0.1) is 0 Å². The van der Waals surface area contributed by atoms with Crippen molar-refractivity contribution in [2.45, 2.75) is 6.54 Å². The summed E-state index contributed by atoms with van der Waals surface area (Å²) < 4.78 is 12.5. The first-order chi connectivity index (χ1) is 14.7. The molecule has 0 aliphatic carbocycles. The predicted molar refractivity (Wildman–Crippen MR) is 114 cm³/mol. The molecule has 0 aliphatic heterocycles. The monoisotopic (exact) mass is 400 g/mol. The first-order valence-corrected chi connectivity index (χ1v) is 9.37. The number of hydrogen-bond acceptors (Lipinski definition) is 5. The maximum atomic E-state index is 12.3. The van der Waals surface area contributed by atoms with E-state index in [2.05, 4.69) is 15.6 Å². The summed E-state index contributed by atoms with van der Waals surface area (Å²) in [4.78, 5) is 12.3. The van der Waals surface area contributed by atoms with Crippen LogP contribution in [0.15, 0.2) is 85.1 Å². The maximum Gasteiger partial charge on any atom is 0.246 e. The molecular weight excluding hydrogens is 380 g/mol. The van der Waals surface area contributed by atoms with Crippen molar-refractivity contribution in [1.29, 1.82) is 0 Å². The van der Waals surface area contributed by atoms with Gasteiger partial charge in [0.25, 0.3) is 0 Å². The topological polar surface area (TPSA) is 78.3 Å². The summed E-state index contributed by atoms with van der Waals surface area (Å²) in [5.74, 6) is 1.89. The van der Waals surface area contributed by atoms with Crippen molar-refractivity contribution in [2.24, 2.45) is 0 Å². The number of aromatic nitrogens is 3. The Balaban J connectivity index is 1.39. The van der Waals surface area contributed by atoms with Crippen molar-refractivity contribution in [3.05, 3.63) is 85.1 Å². The fourth-order valence-corrected chi connectivity index (χ4v) is 2.91. The maximum absolute atomic E-state index is 12.3. The van der Waals surface area contributed by atoms with Gasteiger partial charge in [-0.3, -0.25) is 4.79 Å². The van der Waals surface area contributed by atoms with Gasteiger partial charge in [-0.2, -0.15) is 0 Å². The third-order valence-corrected chi connectivity index (χ3v) is 4.35. The van der Waals surface area contributed by atoms with Crippen LogP contribution in [-0.2, 0) is 11.3 Å². The Kier molecular flexibility index (Phi) is 5.70. The zero-order valence-electron chi connectivity index (χ0n) is 16.4. The summed E-state index contributed by atoms with van der Waals surface area (Å²) in [5.41, 5.74) is 2.16. The quantitative estimate of drug-likeness (QED) is 0.498. The number of ether oxygens (including phenoxy) is 2. The summed E-state index contributed by atoms with van der Waals surface area (Å²) >= 11 is 0. The summed E-state index contributed by atoms with van der Waals surface area (Å²) in [7, 11) is 1.56. The van der Waals surface area contributed by atoms with E-state index in [1.165, 1.54) is 4.68 Å². The molecule has 150 valence electrons. The molecule has 7 heteroatoms. The molecule has 0 aliphatic rings. The van der Waals surface area contributed by atoms with Crippen molar-refractivity contribution in [3.8, 4) is 28.5 Å². The van der Waals surface area contributed by atoms with E-state index in [1.807, 2.05) is 66.7 Å². The van der Waals surface area contributed by atoms with Crippen LogP contribution in [0.4, 0.5) is 5.69 Å². The van der Waals surface area contributed by atoms with Crippen LogP contribution < -0.4 is 14.8 Å². The molecule has 3 aromatic carbocycles. The lowest BCUT2D eigenvalue weighted by Crippen LogP contribution is -2.19. The van der Waals surface area contributed by atoms with Crippen LogP contribution in [0.2, 0.25) is 0 Å². The van der Waals surface area contributed by atoms with Crippen LogP contribution in [-0.4, -0.2) is 28.0 Å². The number of rotatable bonds is 7. The number of hydrogen-bond donors (Lipinski definition) is 1. The highest BCUT2D eigenvalue weighted by molar-refractivity contribution is 5.92. The molecule has 0 spiro atoms. The molecule has 0 radical (unpaired) electrons. The van der Waals surface area contributed by atoms with Gasteiger partial charge in [0.15, 0.2) is 0 Å². The highest BCUT2D eigenvalue weighted by atomic mass is 16.5. The predicted octanol–water partition coefficient (Wildman–Crippen LogP) is 4.38. The van der Waals surface area contributed by atoms with Gasteiger partial charge in [-0.05, 0) is 48.5 Å². The third-order valence-electron chi connectivity index (χ3n) is 4.35. The number of nitrogens with zero attached hydrogens (tertiary/aromatic N) is 3. The molecule has 30 heavy (non-hydrogen) atoms. The standard InChI is InChI=1S/C23H20N4O3/c1-29-22-10-6-5-9-20(22)24-23(28)16-27-15-21(25-26-27)17-11-13-19(14-12-17)30-18-7-3-2-4-8-18/h2-15H,16H2,1H3,(H,24,28). The number of para-hydroxylation sites is 3. The average molecular weight is 400 g/mol. The van der Waals surface area contributed by atoms with Crippen LogP contribution in [0.5, 0.6) is 17.2 Å². The second-order valence-corrected chi connectivity index (χ2v) is 6.49. The van der Waals surface area contributed by atoms with Crippen LogP contribution in [0.3, 0.4) is 0 Å². The Bertz CT molecular complexity index is 1120. The lowest BCUT2D eigenvalue weighted by Gasteiger charge is -2.09. The highest BCUT2D eigenvalue weighted by Crippen LogP contribution is 2.25. The molecule has 0 atom stereocenters. The van der Waals surface area contributed by atoms with E-state index in [9.17, 15) is 4.79 Å². The molecular formula is C23H20N4O3. The number of anilines is 1. The van der Waals surface area contributed by atoms with Crippen LogP contribution in [0.1, 0.15) is 0 Å². The number of benzene rings is 3. The third kappa shape index (κ3) is 4.64. The van der Waals surface area contributed by atoms with Crippen molar-refractivity contribution in [3.63, 3.8) is 0 Å². The van der Waals surface area contributed by atoms with Crippen molar-refractivity contribution < 1.29 is 14.3 Å². The van der Waals surface area contributed by atoms with E-state index < -0.39 is 0 Å². The zero-order valence-corrected chi connectivity index (χ0v) is 16.4. The van der Waals surface area contributed by atoms with Gasteiger partial charge in [-0.1, -0.05) is 35.5 Å².